The van der Waals surface area contributed by atoms with E-state index < -0.39 is 0 Å². The predicted octanol–water partition coefficient (Wildman–Crippen LogP) is 3.60. The van der Waals surface area contributed by atoms with Gasteiger partial charge in [-0.2, -0.15) is 0 Å². The van der Waals surface area contributed by atoms with Crippen LogP contribution in [0, 0.1) is 34.5 Å². The third-order valence-electron chi connectivity index (χ3n) is 9.54. The SMILES string of the molecule is CC(=O)N1[C@@H]2C[C@H]3[C@@H]4CC[C@H]5C[C@@H](O)CC[C@]5(C)[C@H]4CC[C@]3(C)[C@@H]21. The lowest BCUT2D eigenvalue weighted by molar-refractivity contribution is -0.136. The van der Waals surface area contributed by atoms with Gasteiger partial charge in [-0.3, -0.25) is 4.79 Å². The van der Waals surface area contributed by atoms with E-state index in [1.54, 1.807) is 6.92 Å². The first-order valence-electron chi connectivity index (χ1n) is 10.3. The molecular formula is C21H33NO2. The molecule has 0 aromatic heterocycles. The van der Waals surface area contributed by atoms with Gasteiger partial charge in [0.15, 0.2) is 0 Å². The van der Waals surface area contributed by atoms with Crippen LogP contribution in [0.15, 0.2) is 0 Å². The number of aliphatic hydroxyl groups is 1. The summed E-state index contributed by atoms with van der Waals surface area (Å²) < 4.78 is 0. The number of likely N-dealkylation sites (tertiary alicyclic amines) is 1. The molecule has 24 heavy (non-hydrogen) atoms. The molecule has 3 heteroatoms. The molecule has 1 heterocycles. The fraction of sp³-hybridized carbons (Fsp3) is 0.952. The molecule has 0 unspecified atom stereocenters. The maximum absolute atomic E-state index is 11.9. The van der Waals surface area contributed by atoms with Gasteiger partial charge in [-0.1, -0.05) is 13.8 Å². The molecule has 1 amide bonds. The normalized spacial score (nSPS) is 58.3. The summed E-state index contributed by atoms with van der Waals surface area (Å²) in [5.41, 5.74) is 0.853. The fourth-order valence-corrected chi connectivity index (χ4v) is 8.36. The molecule has 4 saturated carbocycles. The number of nitrogens with zero attached hydrogens (tertiary/aromatic N) is 1. The van der Waals surface area contributed by atoms with Crippen molar-refractivity contribution in [2.75, 3.05) is 0 Å². The van der Waals surface area contributed by atoms with E-state index >= 15 is 0 Å². The Morgan fingerprint density at radius 1 is 1.00 bits per heavy atom. The van der Waals surface area contributed by atoms with Crippen molar-refractivity contribution >= 4 is 5.91 Å². The molecule has 1 saturated heterocycles. The van der Waals surface area contributed by atoms with Crippen LogP contribution in [0.5, 0.6) is 0 Å². The van der Waals surface area contributed by atoms with Gasteiger partial charge in [0, 0.05) is 6.92 Å². The van der Waals surface area contributed by atoms with E-state index in [0.717, 1.165) is 36.5 Å². The van der Waals surface area contributed by atoms with E-state index in [1.807, 2.05) is 0 Å². The summed E-state index contributed by atoms with van der Waals surface area (Å²) in [6.07, 6.45) is 9.89. The van der Waals surface area contributed by atoms with Crippen molar-refractivity contribution in [3.63, 3.8) is 0 Å². The monoisotopic (exact) mass is 331 g/mol. The van der Waals surface area contributed by atoms with Crippen LogP contribution in [0.25, 0.3) is 0 Å². The number of amides is 1. The molecule has 5 aliphatic rings. The first kappa shape index (κ1) is 15.7. The van der Waals surface area contributed by atoms with Gasteiger partial charge in [-0.15, -0.1) is 0 Å². The summed E-state index contributed by atoms with van der Waals surface area (Å²) in [5.74, 6) is 3.62. The summed E-state index contributed by atoms with van der Waals surface area (Å²) in [4.78, 5) is 14.1. The van der Waals surface area contributed by atoms with Gasteiger partial charge in [0.25, 0.3) is 0 Å². The second-order valence-corrected chi connectivity index (χ2v) is 10.3. The number of hydrogen-bond donors (Lipinski definition) is 1. The fourth-order valence-electron chi connectivity index (χ4n) is 8.36. The molecule has 3 nitrogen and oxygen atoms in total. The Hall–Kier alpha value is -0.570. The van der Waals surface area contributed by atoms with Gasteiger partial charge in [0.2, 0.25) is 5.91 Å². The van der Waals surface area contributed by atoms with Crippen molar-refractivity contribution in [1.29, 1.82) is 0 Å². The zero-order valence-corrected chi connectivity index (χ0v) is 15.5. The zero-order chi connectivity index (χ0) is 16.9. The van der Waals surface area contributed by atoms with Crippen molar-refractivity contribution in [3.8, 4) is 0 Å². The first-order chi connectivity index (χ1) is 11.4. The highest BCUT2D eigenvalue weighted by atomic mass is 16.3. The molecule has 0 radical (unpaired) electrons. The summed E-state index contributed by atoms with van der Waals surface area (Å²) in [6.45, 7) is 6.81. The lowest BCUT2D eigenvalue weighted by Crippen LogP contribution is -2.54. The average Bonchev–Trinajstić information content (AvgIpc) is 3.18. The molecule has 0 aromatic carbocycles. The molecule has 1 aliphatic heterocycles. The van der Waals surface area contributed by atoms with Gasteiger partial charge in [0.1, 0.15) is 0 Å². The van der Waals surface area contributed by atoms with E-state index in [2.05, 4.69) is 18.7 Å². The second kappa shape index (κ2) is 4.78. The third-order valence-corrected chi connectivity index (χ3v) is 9.54. The van der Waals surface area contributed by atoms with Gasteiger partial charge in [-0.25, -0.2) is 0 Å². The Morgan fingerprint density at radius 3 is 2.50 bits per heavy atom. The Bertz CT molecular complexity index is 576. The Morgan fingerprint density at radius 2 is 1.75 bits per heavy atom. The molecule has 9 atom stereocenters. The molecule has 134 valence electrons. The predicted molar refractivity (Wildman–Crippen MR) is 93.2 cm³/mol. The van der Waals surface area contributed by atoms with Crippen LogP contribution in [-0.2, 0) is 4.79 Å². The maximum Gasteiger partial charge on any atom is 0.220 e. The number of carbonyl (C=O) groups is 1. The zero-order valence-electron chi connectivity index (χ0n) is 15.5. The molecular weight excluding hydrogens is 298 g/mol. The minimum Gasteiger partial charge on any atom is -0.393 e. The number of fused-ring (bicyclic) bond motifs is 7. The van der Waals surface area contributed by atoms with Crippen molar-refractivity contribution in [2.45, 2.75) is 90.3 Å². The number of hydrogen-bond acceptors (Lipinski definition) is 2. The van der Waals surface area contributed by atoms with E-state index in [9.17, 15) is 9.90 Å². The topological polar surface area (TPSA) is 40.3 Å². The standard InChI is InChI=1S/C21H33NO2/c1-12(23)22-18-11-17-15-5-4-13-10-14(24)6-8-20(13,2)16(15)7-9-21(17,3)19(18)22/h13-19,24H,4-11H2,1-3H3/t13-,14-,15+,16-,17-,18+,19+,20-,21-,22?/m0/s1. The summed E-state index contributed by atoms with van der Waals surface area (Å²) in [5, 5.41) is 10.1. The molecule has 1 N–H and O–H groups in total. The quantitative estimate of drug-likeness (QED) is 0.689. The van der Waals surface area contributed by atoms with Crippen LogP contribution in [0.1, 0.15) is 72.1 Å². The number of piperidine rings is 1. The largest absolute Gasteiger partial charge is 0.393 e. The van der Waals surface area contributed by atoms with Crippen LogP contribution in [0.2, 0.25) is 0 Å². The second-order valence-electron chi connectivity index (χ2n) is 10.3. The summed E-state index contributed by atoms with van der Waals surface area (Å²) >= 11 is 0. The molecule has 0 bridgehead atoms. The molecule has 0 aromatic rings. The minimum absolute atomic E-state index is 0.0447. The van der Waals surface area contributed by atoms with Gasteiger partial charge in [0.05, 0.1) is 18.2 Å². The molecule has 5 rings (SSSR count). The van der Waals surface area contributed by atoms with Crippen molar-refractivity contribution < 1.29 is 9.90 Å². The van der Waals surface area contributed by atoms with E-state index in [0.29, 0.717) is 28.8 Å². The first-order valence-corrected chi connectivity index (χ1v) is 10.3. The molecule has 4 aliphatic carbocycles. The van der Waals surface area contributed by atoms with Crippen molar-refractivity contribution in [3.05, 3.63) is 0 Å². The number of carbonyl (C=O) groups excluding carboxylic acids is 1. The van der Waals surface area contributed by atoms with Crippen molar-refractivity contribution in [2.24, 2.45) is 34.5 Å². The van der Waals surface area contributed by atoms with Crippen LogP contribution >= 0.6 is 0 Å². The summed E-state index contributed by atoms with van der Waals surface area (Å²) in [6, 6.07) is 1.12. The highest BCUT2D eigenvalue weighted by Crippen LogP contribution is 2.70. The van der Waals surface area contributed by atoms with Crippen LogP contribution in [-0.4, -0.2) is 34.1 Å². The van der Waals surface area contributed by atoms with E-state index in [-0.39, 0.29) is 6.10 Å². The third kappa shape index (κ3) is 1.80. The minimum atomic E-state index is -0.0447. The van der Waals surface area contributed by atoms with E-state index in [4.69, 9.17) is 0 Å². The number of rotatable bonds is 0. The Kier molecular flexibility index (Phi) is 3.12. The molecule has 0 spiro atoms. The maximum atomic E-state index is 11.9. The van der Waals surface area contributed by atoms with Crippen LogP contribution in [0.4, 0.5) is 0 Å². The van der Waals surface area contributed by atoms with Crippen LogP contribution < -0.4 is 0 Å². The molecule has 5 fully saturated rings. The highest BCUT2D eigenvalue weighted by molar-refractivity contribution is 5.78. The summed E-state index contributed by atoms with van der Waals surface area (Å²) in [7, 11) is 0. The smallest absolute Gasteiger partial charge is 0.220 e. The Labute approximate surface area is 146 Å². The lowest BCUT2D eigenvalue weighted by Gasteiger charge is -2.61. The van der Waals surface area contributed by atoms with E-state index in [1.165, 1.54) is 38.5 Å². The van der Waals surface area contributed by atoms with Gasteiger partial charge in [-0.05, 0) is 85.9 Å². The average molecular weight is 332 g/mol. The lowest BCUT2D eigenvalue weighted by atomic mass is 9.45. The van der Waals surface area contributed by atoms with Gasteiger partial charge < -0.3 is 10.0 Å². The Balaban J connectivity index is 1.41. The van der Waals surface area contributed by atoms with Gasteiger partial charge >= 0.3 is 0 Å². The van der Waals surface area contributed by atoms with Crippen molar-refractivity contribution in [1.82, 2.24) is 4.90 Å². The number of aliphatic hydroxyl groups excluding tert-OH is 1. The highest BCUT2D eigenvalue weighted by Gasteiger charge is 2.71. The van der Waals surface area contributed by atoms with Crippen LogP contribution in [0.3, 0.4) is 0 Å².